The molecule has 0 spiro atoms. The van der Waals surface area contributed by atoms with E-state index in [1.807, 2.05) is 13.8 Å². The Morgan fingerprint density at radius 3 is 2.79 bits per heavy atom. The third kappa shape index (κ3) is 4.38. The topological polar surface area (TPSA) is 102 Å². The molecule has 7 nitrogen and oxygen atoms in total. The predicted molar refractivity (Wildman–Crippen MR) is 68.4 cm³/mol. The Morgan fingerprint density at radius 2 is 2.26 bits per heavy atom. The molecule has 0 radical (unpaired) electrons. The van der Waals surface area contributed by atoms with E-state index in [2.05, 4.69) is 9.99 Å². The van der Waals surface area contributed by atoms with E-state index in [4.69, 9.17) is 5.11 Å². The largest absolute Gasteiger partial charge is 0.479 e. The van der Waals surface area contributed by atoms with Crippen LogP contribution in [0, 0.1) is 10.1 Å². The molecule has 0 saturated carbocycles. The SMILES string of the molecule is CC(C)c1ccc(C=NOCC(=O)O)cc1[N+](=O)[O-]. The van der Waals surface area contributed by atoms with Gasteiger partial charge in [0.2, 0.25) is 6.61 Å². The molecule has 0 saturated heterocycles. The van der Waals surface area contributed by atoms with Crippen molar-refractivity contribution < 1.29 is 19.7 Å². The molecule has 0 bridgehead atoms. The molecule has 19 heavy (non-hydrogen) atoms. The van der Waals surface area contributed by atoms with Crippen molar-refractivity contribution in [3.05, 3.63) is 39.4 Å². The summed E-state index contributed by atoms with van der Waals surface area (Å²) >= 11 is 0. The molecule has 0 aromatic heterocycles. The molecule has 1 aromatic carbocycles. The Morgan fingerprint density at radius 1 is 1.58 bits per heavy atom. The fourth-order valence-electron chi connectivity index (χ4n) is 1.48. The predicted octanol–water partition coefficient (Wildman–Crippen LogP) is 2.15. The first kappa shape index (κ1) is 14.6. The van der Waals surface area contributed by atoms with Crippen LogP contribution in [-0.2, 0) is 9.63 Å². The van der Waals surface area contributed by atoms with Gasteiger partial charge in [0.15, 0.2) is 0 Å². The number of carboxylic acid groups (broad SMARTS) is 1. The average molecular weight is 266 g/mol. The van der Waals surface area contributed by atoms with Crippen molar-refractivity contribution in [2.45, 2.75) is 19.8 Å². The minimum atomic E-state index is -1.14. The quantitative estimate of drug-likeness (QED) is 0.483. The lowest BCUT2D eigenvalue weighted by molar-refractivity contribution is -0.385. The first-order chi connectivity index (χ1) is 8.91. The molecule has 102 valence electrons. The van der Waals surface area contributed by atoms with Crippen LogP contribution in [0.15, 0.2) is 23.4 Å². The highest BCUT2D eigenvalue weighted by Crippen LogP contribution is 2.26. The smallest absolute Gasteiger partial charge is 0.344 e. The molecule has 1 N–H and O–H groups in total. The van der Waals surface area contributed by atoms with Crippen molar-refractivity contribution in [3.63, 3.8) is 0 Å². The van der Waals surface area contributed by atoms with Crippen molar-refractivity contribution in [2.24, 2.45) is 5.16 Å². The summed E-state index contributed by atoms with van der Waals surface area (Å²) in [6, 6.07) is 4.69. The van der Waals surface area contributed by atoms with Gasteiger partial charge in [0.25, 0.3) is 5.69 Å². The highest BCUT2D eigenvalue weighted by Gasteiger charge is 2.16. The van der Waals surface area contributed by atoms with Crippen LogP contribution in [0.3, 0.4) is 0 Å². The van der Waals surface area contributed by atoms with E-state index in [0.29, 0.717) is 11.1 Å². The van der Waals surface area contributed by atoms with E-state index >= 15 is 0 Å². The highest BCUT2D eigenvalue weighted by atomic mass is 16.6. The third-order valence-electron chi connectivity index (χ3n) is 2.34. The van der Waals surface area contributed by atoms with Gasteiger partial charge in [-0.25, -0.2) is 4.79 Å². The van der Waals surface area contributed by atoms with E-state index in [-0.39, 0.29) is 11.6 Å². The van der Waals surface area contributed by atoms with E-state index in [9.17, 15) is 14.9 Å². The summed E-state index contributed by atoms with van der Waals surface area (Å²) in [7, 11) is 0. The van der Waals surface area contributed by atoms with Gasteiger partial charge in [-0.3, -0.25) is 10.1 Å². The number of aliphatic carboxylic acids is 1. The average Bonchev–Trinajstić information content (AvgIpc) is 2.33. The van der Waals surface area contributed by atoms with Crippen LogP contribution in [-0.4, -0.2) is 28.8 Å². The number of hydrogen-bond acceptors (Lipinski definition) is 5. The molecule has 0 fully saturated rings. The number of rotatable bonds is 6. The zero-order valence-electron chi connectivity index (χ0n) is 10.6. The van der Waals surface area contributed by atoms with Crippen LogP contribution in [0.4, 0.5) is 5.69 Å². The van der Waals surface area contributed by atoms with Gasteiger partial charge < -0.3 is 9.94 Å². The second kappa shape index (κ2) is 6.48. The van der Waals surface area contributed by atoms with Crippen molar-refractivity contribution >= 4 is 17.9 Å². The minimum Gasteiger partial charge on any atom is -0.479 e. The summed E-state index contributed by atoms with van der Waals surface area (Å²) in [4.78, 5) is 25.2. The first-order valence-corrected chi connectivity index (χ1v) is 5.57. The summed E-state index contributed by atoms with van der Waals surface area (Å²) in [5.41, 5.74) is 1.12. The number of nitrogens with zero attached hydrogens (tertiary/aromatic N) is 2. The molecular formula is C12H14N2O5. The second-order valence-corrected chi connectivity index (χ2v) is 4.13. The lowest BCUT2D eigenvalue weighted by Gasteiger charge is -2.06. The molecule has 0 unspecified atom stereocenters. The van der Waals surface area contributed by atoms with Gasteiger partial charge >= 0.3 is 5.97 Å². The number of carbonyl (C=O) groups is 1. The number of nitro groups is 1. The van der Waals surface area contributed by atoms with Gasteiger partial charge in [-0.1, -0.05) is 31.1 Å². The summed E-state index contributed by atoms with van der Waals surface area (Å²) in [5.74, 6) is -1.10. The van der Waals surface area contributed by atoms with Crippen LogP contribution < -0.4 is 0 Å². The van der Waals surface area contributed by atoms with Crippen molar-refractivity contribution in [1.82, 2.24) is 0 Å². The zero-order chi connectivity index (χ0) is 14.4. The molecule has 0 aliphatic rings. The van der Waals surface area contributed by atoms with Gasteiger partial charge in [0, 0.05) is 17.2 Å². The maximum absolute atomic E-state index is 10.9. The molecule has 0 amide bonds. The molecule has 1 aromatic rings. The molecule has 1 rings (SSSR count). The van der Waals surface area contributed by atoms with Crippen LogP contribution in [0.1, 0.15) is 30.9 Å². The fraction of sp³-hybridized carbons (Fsp3) is 0.333. The molecule has 7 heteroatoms. The minimum absolute atomic E-state index is 0.0113. The third-order valence-corrected chi connectivity index (χ3v) is 2.34. The maximum Gasteiger partial charge on any atom is 0.344 e. The number of hydrogen-bond donors (Lipinski definition) is 1. The van der Waals surface area contributed by atoms with Crippen LogP contribution in [0.5, 0.6) is 0 Å². The number of benzene rings is 1. The Hall–Kier alpha value is -2.44. The summed E-state index contributed by atoms with van der Waals surface area (Å²) in [6.45, 7) is 3.18. The molecule has 0 heterocycles. The second-order valence-electron chi connectivity index (χ2n) is 4.13. The number of nitro benzene ring substituents is 1. The Kier molecular flexibility index (Phi) is 4.99. The summed E-state index contributed by atoms with van der Waals surface area (Å²) in [6.07, 6.45) is 1.24. The van der Waals surface area contributed by atoms with Gasteiger partial charge in [0.1, 0.15) is 0 Å². The summed E-state index contributed by atoms with van der Waals surface area (Å²) < 4.78 is 0. The van der Waals surface area contributed by atoms with Crippen LogP contribution in [0.25, 0.3) is 0 Å². The standard InChI is InChI=1S/C12H14N2O5/c1-8(2)10-4-3-9(5-11(10)14(17)18)6-13-19-7-12(15)16/h3-6,8H,7H2,1-2H3,(H,15,16). The van der Waals surface area contributed by atoms with Gasteiger partial charge in [-0.05, 0) is 5.92 Å². The van der Waals surface area contributed by atoms with Crippen molar-refractivity contribution in [3.8, 4) is 0 Å². The molecule has 0 aliphatic carbocycles. The molecule has 0 atom stereocenters. The summed E-state index contributed by atoms with van der Waals surface area (Å²) in [5, 5.41) is 22.7. The van der Waals surface area contributed by atoms with E-state index in [0.717, 1.165) is 0 Å². The van der Waals surface area contributed by atoms with E-state index in [1.165, 1.54) is 12.3 Å². The van der Waals surface area contributed by atoms with Crippen LogP contribution >= 0.6 is 0 Å². The number of carboxylic acids is 1. The van der Waals surface area contributed by atoms with Crippen molar-refractivity contribution in [1.29, 1.82) is 0 Å². The molecular weight excluding hydrogens is 252 g/mol. The lowest BCUT2D eigenvalue weighted by atomic mass is 9.99. The van der Waals surface area contributed by atoms with Gasteiger partial charge in [0.05, 0.1) is 11.1 Å². The Labute approximate surface area is 109 Å². The lowest BCUT2D eigenvalue weighted by Crippen LogP contribution is -2.03. The monoisotopic (exact) mass is 266 g/mol. The van der Waals surface area contributed by atoms with Gasteiger partial charge in [-0.15, -0.1) is 0 Å². The molecule has 0 aliphatic heterocycles. The fourth-order valence-corrected chi connectivity index (χ4v) is 1.48. The Bertz CT molecular complexity index is 511. The van der Waals surface area contributed by atoms with E-state index < -0.39 is 17.5 Å². The van der Waals surface area contributed by atoms with E-state index in [1.54, 1.807) is 12.1 Å². The maximum atomic E-state index is 10.9. The normalized spacial score (nSPS) is 10.9. The van der Waals surface area contributed by atoms with Crippen molar-refractivity contribution in [2.75, 3.05) is 6.61 Å². The highest BCUT2D eigenvalue weighted by molar-refractivity contribution is 5.80. The van der Waals surface area contributed by atoms with Crippen LogP contribution in [0.2, 0.25) is 0 Å². The zero-order valence-corrected chi connectivity index (χ0v) is 10.6. The first-order valence-electron chi connectivity index (χ1n) is 5.57. The number of oxime groups is 1. The Balaban J connectivity index is 2.90. The van der Waals surface area contributed by atoms with Gasteiger partial charge in [-0.2, -0.15) is 0 Å².